The third-order valence-electron chi connectivity index (χ3n) is 2.47. The number of phenols is 1. The van der Waals surface area contributed by atoms with E-state index >= 15 is 0 Å². The second-order valence-corrected chi connectivity index (χ2v) is 5.06. The predicted molar refractivity (Wildman–Crippen MR) is 74.4 cm³/mol. The molecule has 0 bridgehead atoms. The Morgan fingerprint density at radius 3 is 2.95 bits per heavy atom. The first-order valence-electron chi connectivity index (χ1n) is 6.02. The van der Waals surface area contributed by atoms with E-state index in [1.165, 1.54) is 7.11 Å². The van der Waals surface area contributed by atoms with E-state index in [0.29, 0.717) is 23.0 Å². The van der Waals surface area contributed by atoms with Gasteiger partial charge in [0.2, 0.25) is 0 Å². The Hall–Kier alpha value is -1.69. The van der Waals surface area contributed by atoms with Gasteiger partial charge in [0.15, 0.2) is 17.3 Å². The number of hydrogen-bond acceptors (Lipinski definition) is 6. The van der Waals surface area contributed by atoms with Crippen molar-refractivity contribution in [1.29, 1.82) is 0 Å². The number of aromatic nitrogens is 2. The van der Waals surface area contributed by atoms with Crippen LogP contribution in [0.4, 0.5) is 0 Å². The summed E-state index contributed by atoms with van der Waals surface area (Å²) in [5.74, 6) is 3.36. The first-order valence-corrected chi connectivity index (χ1v) is 7.17. The standard InChI is InChI=1S/C13H16N2O3S/c1-3-6-19-8-12-14-13(18-15-12)9-4-5-11(17-2)10(16)7-9/h4-5,7,16H,3,6,8H2,1-2H3. The average molecular weight is 280 g/mol. The SMILES string of the molecule is CCCSCc1noc(-c2ccc(OC)c(O)c2)n1. The molecular weight excluding hydrogens is 264 g/mol. The summed E-state index contributed by atoms with van der Waals surface area (Å²) in [5.41, 5.74) is 0.678. The monoisotopic (exact) mass is 280 g/mol. The zero-order valence-corrected chi connectivity index (χ0v) is 11.7. The molecular formula is C13H16N2O3S. The maximum Gasteiger partial charge on any atom is 0.258 e. The molecule has 0 aliphatic heterocycles. The summed E-state index contributed by atoms with van der Waals surface area (Å²) >= 11 is 1.77. The molecule has 19 heavy (non-hydrogen) atoms. The van der Waals surface area contributed by atoms with E-state index in [1.807, 2.05) is 0 Å². The van der Waals surface area contributed by atoms with E-state index in [4.69, 9.17) is 9.26 Å². The number of aromatic hydroxyl groups is 1. The fraction of sp³-hybridized carbons (Fsp3) is 0.385. The van der Waals surface area contributed by atoms with Crippen molar-refractivity contribution in [3.8, 4) is 23.0 Å². The van der Waals surface area contributed by atoms with Gasteiger partial charge in [-0.2, -0.15) is 16.7 Å². The first kappa shape index (κ1) is 13.7. The molecule has 102 valence electrons. The molecule has 5 nitrogen and oxygen atoms in total. The van der Waals surface area contributed by atoms with Crippen molar-refractivity contribution in [2.24, 2.45) is 0 Å². The second kappa shape index (κ2) is 6.47. The van der Waals surface area contributed by atoms with Crippen LogP contribution in [0, 0.1) is 0 Å². The van der Waals surface area contributed by atoms with Crippen molar-refractivity contribution < 1.29 is 14.4 Å². The van der Waals surface area contributed by atoms with Crippen LogP contribution in [-0.2, 0) is 5.75 Å². The van der Waals surface area contributed by atoms with Crippen LogP contribution in [0.25, 0.3) is 11.5 Å². The summed E-state index contributed by atoms with van der Waals surface area (Å²) in [7, 11) is 1.50. The van der Waals surface area contributed by atoms with Crippen molar-refractivity contribution in [1.82, 2.24) is 10.1 Å². The van der Waals surface area contributed by atoms with Gasteiger partial charge in [0.1, 0.15) is 0 Å². The Morgan fingerprint density at radius 2 is 2.26 bits per heavy atom. The van der Waals surface area contributed by atoms with Crippen LogP contribution in [0.5, 0.6) is 11.5 Å². The van der Waals surface area contributed by atoms with Crippen molar-refractivity contribution in [3.63, 3.8) is 0 Å². The molecule has 2 rings (SSSR count). The van der Waals surface area contributed by atoms with Gasteiger partial charge in [0.05, 0.1) is 12.9 Å². The van der Waals surface area contributed by atoms with Gasteiger partial charge in [-0.1, -0.05) is 12.1 Å². The van der Waals surface area contributed by atoms with Crippen LogP contribution < -0.4 is 4.74 Å². The molecule has 1 heterocycles. The van der Waals surface area contributed by atoms with Crippen LogP contribution in [0.1, 0.15) is 19.2 Å². The first-order chi connectivity index (χ1) is 9.24. The average Bonchev–Trinajstić information content (AvgIpc) is 2.88. The molecule has 1 N–H and O–H groups in total. The molecule has 1 aromatic carbocycles. The number of hydrogen-bond donors (Lipinski definition) is 1. The molecule has 0 spiro atoms. The Labute approximate surface area is 116 Å². The number of phenolic OH excluding ortho intramolecular Hbond substituents is 1. The minimum atomic E-state index is 0.0557. The number of rotatable bonds is 6. The van der Waals surface area contributed by atoms with Gasteiger partial charge in [0, 0.05) is 5.56 Å². The van der Waals surface area contributed by atoms with E-state index < -0.39 is 0 Å². The van der Waals surface area contributed by atoms with Crippen LogP contribution >= 0.6 is 11.8 Å². The van der Waals surface area contributed by atoms with E-state index in [2.05, 4.69) is 17.1 Å². The van der Waals surface area contributed by atoms with Gasteiger partial charge in [-0.3, -0.25) is 0 Å². The molecule has 6 heteroatoms. The molecule has 0 atom stereocenters. The minimum Gasteiger partial charge on any atom is -0.504 e. The second-order valence-electron chi connectivity index (χ2n) is 3.95. The lowest BCUT2D eigenvalue weighted by Gasteiger charge is -2.03. The fourth-order valence-corrected chi connectivity index (χ4v) is 2.29. The molecule has 0 aliphatic carbocycles. The molecule has 2 aromatic rings. The molecule has 0 unspecified atom stereocenters. The summed E-state index contributed by atoms with van der Waals surface area (Å²) in [6.45, 7) is 2.13. The number of benzene rings is 1. The lowest BCUT2D eigenvalue weighted by molar-refractivity contribution is 0.373. The van der Waals surface area contributed by atoms with Gasteiger partial charge < -0.3 is 14.4 Å². The van der Waals surface area contributed by atoms with Gasteiger partial charge >= 0.3 is 0 Å². The summed E-state index contributed by atoms with van der Waals surface area (Å²) in [6.07, 6.45) is 1.13. The maximum absolute atomic E-state index is 9.71. The Bertz CT molecular complexity index is 542. The predicted octanol–water partition coefficient (Wildman–Crippen LogP) is 3.09. The van der Waals surface area contributed by atoms with Gasteiger partial charge in [0.25, 0.3) is 5.89 Å². The maximum atomic E-state index is 9.71. The summed E-state index contributed by atoms with van der Waals surface area (Å²) in [6, 6.07) is 4.99. The highest BCUT2D eigenvalue weighted by molar-refractivity contribution is 7.98. The van der Waals surface area contributed by atoms with Crippen molar-refractivity contribution in [3.05, 3.63) is 24.0 Å². The van der Waals surface area contributed by atoms with E-state index in [-0.39, 0.29) is 5.75 Å². The van der Waals surface area contributed by atoms with Gasteiger partial charge in [-0.05, 0) is 30.4 Å². The van der Waals surface area contributed by atoms with Crippen LogP contribution in [0.15, 0.2) is 22.7 Å². The normalized spacial score (nSPS) is 10.6. The lowest BCUT2D eigenvalue weighted by atomic mass is 10.2. The Kier molecular flexibility index (Phi) is 4.68. The summed E-state index contributed by atoms with van der Waals surface area (Å²) in [5, 5.41) is 13.6. The number of thioether (sulfide) groups is 1. The summed E-state index contributed by atoms with van der Waals surface area (Å²) in [4.78, 5) is 4.30. The highest BCUT2D eigenvalue weighted by Crippen LogP contribution is 2.30. The fourth-order valence-electron chi connectivity index (χ4n) is 1.56. The van der Waals surface area contributed by atoms with E-state index in [0.717, 1.165) is 17.9 Å². The van der Waals surface area contributed by atoms with E-state index in [9.17, 15) is 5.11 Å². The zero-order valence-electron chi connectivity index (χ0n) is 10.9. The third-order valence-corrected chi connectivity index (χ3v) is 3.63. The lowest BCUT2D eigenvalue weighted by Crippen LogP contribution is -1.86. The molecule has 0 fully saturated rings. The Morgan fingerprint density at radius 1 is 1.42 bits per heavy atom. The smallest absolute Gasteiger partial charge is 0.258 e. The molecule has 0 aliphatic rings. The molecule has 0 saturated carbocycles. The quantitative estimate of drug-likeness (QED) is 0.820. The summed E-state index contributed by atoms with van der Waals surface area (Å²) < 4.78 is 10.2. The third kappa shape index (κ3) is 3.41. The highest BCUT2D eigenvalue weighted by atomic mass is 32.2. The van der Waals surface area contributed by atoms with Crippen molar-refractivity contribution >= 4 is 11.8 Å². The minimum absolute atomic E-state index is 0.0557. The molecule has 0 radical (unpaired) electrons. The zero-order chi connectivity index (χ0) is 13.7. The molecule has 0 amide bonds. The van der Waals surface area contributed by atoms with E-state index in [1.54, 1.807) is 30.0 Å². The highest BCUT2D eigenvalue weighted by Gasteiger charge is 2.11. The largest absolute Gasteiger partial charge is 0.504 e. The molecule has 1 aromatic heterocycles. The van der Waals surface area contributed by atoms with Crippen molar-refractivity contribution in [2.45, 2.75) is 19.1 Å². The van der Waals surface area contributed by atoms with Crippen LogP contribution in [0.3, 0.4) is 0 Å². The van der Waals surface area contributed by atoms with Gasteiger partial charge in [-0.25, -0.2) is 0 Å². The van der Waals surface area contributed by atoms with Gasteiger partial charge in [-0.15, -0.1) is 0 Å². The molecule has 0 saturated heterocycles. The topological polar surface area (TPSA) is 68.4 Å². The van der Waals surface area contributed by atoms with Crippen molar-refractivity contribution in [2.75, 3.05) is 12.9 Å². The number of ether oxygens (including phenoxy) is 1. The number of nitrogens with zero attached hydrogens (tertiary/aromatic N) is 2. The van der Waals surface area contributed by atoms with Crippen LogP contribution in [0.2, 0.25) is 0 Å². The number of methoxy groups -OCH3 is 1. The Balaban J connectivity index is 2.11. The van der Waals surface area contributed by atoms with Crippen LogP contribution in [-0.4, -0.2) is 28.1 Å².